The summed E-state index contributed by atoms with van der Waals surface area (Å²) in [6.07, 6.45) is 2.41. The van der Waals surface area contributed by atoms with Crippen LogP contribution in [0.25, 0.3) is 0 Å². The van der Waals surface area contributed by atoms with Crippen molar-refractivity contribution in [3.63, 3.8) is 0 Å². The van der Waals surface area contributed by atoms with E-state index in [1.807, 2.05) is 0 Å². The molecule has 0 aromatic heterocycles. The van der Waals surface area contributed by atoms with Gasteiger partial charge in [0.1, 0.15) is 0 Å². The fourth-order valence-electron chi connectivity index (χ4n) is 2.82. The van der Waals surface area contributed by atoms with Crippen LogP contribution < -0.4 is 16.0 Å². The van der Waals surface area contributed by atoms with Crippen molar-refractivity contribution >= 4 is 15.9 Å². The van der Waals surface area contributed by atoms with Crippen molar-refractivity contribution in [3.05, 3.63) is 35.4 Å². The van der Waals surface area contributed by atoms with E-state index in [4.69, 9.17) is 0 Å². The maximum Gasteiger partial charge on any atom is 0.0283 e. The molecule has 0 spiro atoms. The second kappa shape index (κ2) is 12.0. The Morgan fingerprint density at radius 2 is 1.35 bits per heavy atom. The van der Waals surface area contributed by atoms with Crippen LogP contribution >= 0.6 is 15.9 Å². The third-order valence-electron chi connectivity index (χ3n) is 4.20. The minimum Gasteiger partial charge on any atom is -0.315 e. The van der Waals surface area contributed by atoms with Crippen molar-refractivity contribution in [1.29, 1.82) is 0 Å². The smallest absolute Gasteiger partial charge is 0.0283 e. The molecule has 1 heterocycles. The van der Waals surface area contributed by atoms with Gasteiger partial charge in [-0.25, -0.2) is 0 Å². The van der Waals surface area contributed by atoms with Crippen molar-refractivity contribution in [1.82, 2.24) is 20.9 Å². The molecule has 1 saturated heterocycles. The van der Waals surface area contributed by atoms with Crippen LogP contribution in [0.1, 0.15) is 24.0 Å². The van der Waals surface area contributed by atoms with Gasteiger partial charge in [-0.3, -0.25) is 4.90 Å². The summed E-state index contributed by atoms with van der Waals surface area (Å²) >= 11 is 3.51. The fourth-order valence-corrected chi connectivity index (χ4v) is 3.19. The van der Waals surface area contributed by atoms with Crippen LogP contribution in [0.5, 0.6) is 0 Å². The van der Waals surface area contributed by atoms with Crippen LogP contribution in [0.2, 0.25) is 0 Å². The number of nitrogens with one attached hydrogen (secondary N) is 3. The Balaban J connectivity index is 1.81. The van der Waals surface area contributed by atoms with Gasteiger partial charge in [-0.15, -0.1) is 0 Å². The first-order chi connectivity index (χ1) is 11.4. The molecule has 0 atom stereocenters. The first-order valence-electron chi connectivity index (χ1n) is 8.87. The number of rotatable bonds is 3. The molecule has 1 fully saturated rings. The van der Waals surface area contributed by atoms with Crippen LogP contribution in [-0.4, -0.2) is 57.3 Å². The molecular weight excluding hydrogens is 352 g/mol. The first-order valence-corrected chi connectivity index (χ1v) is 9.99. The summed E-state index contributed by atoms with van der Waals surface area (Å²) in [5.74, 6) is 0. The number of hydrogen-bond donors (Lipinski definition) is 3. The van der Waals surface area contributed by atoms with Gasteiger partial charge in [0.15, 0.2) is 0 Å². The highest BCUT2D eigenvalue weighted by molar-refractivity contribution is 9.08. The zero-order valence-electron chi connectivity index (χ0n) is 14.1. The van der Waals surface area contributed by atoms with Gasteiger partial charge < -0.3 is 16.0 Å². The van der Waals surface area contributed by atoms with E-state index in [1.54, 1.807) is 0 Å². The molecule has 0 aliphatic carbocycles. The van der Waals surface area contributed by atoms with Gasteiger partial charge in [-0.05, 0) is 50.1 Å². The summed E-state index contributed by atoms with van der Waals surface area (Å²) in [5, 5.41) is 11.5. The van der Waals surface area contributed by atoms with E-state index in [1.165, 1.54) is 24.0 Å². The van der Waals surface area contributed by atoms with Crippen molar-refractivity contribution in [3.8, 4) is 0 Å². The molecule has 1 aromatic carbocycles. The Hall–Kier alpha value is -0.460. The normalized spacial score (nSPS) is 20.0. The second-order valence-electron chi connectivity index (χ2n) is 6.18. The summed E-state index contributed by atoms with van der Waals surface area (Å²) in [6, 6.07) is 8.97. The average molecular weight is 383 g/mol. The molecule has 1 aliphatic heterocycles. The Bertz CT molecular complexity index is 396. The molecule has 2 rings (SSSR count). The summed E-state index contributed by atoms with van der Waals surface area (Å²) < 4.78 is 0. The molecule has 0 radical (unpaired) electrons. The van der Waals surface area contributed by atoms with Crippen LogP contribution in [0.3, 0.4) is 0 Å². The van der Waals surface area contributed by atoms with E-state index in [0.717, 1.165) is 64.2 Å². The van der Waals surface area contributed by atoms with Gasteiger partial charge in [0.2, 0.25) is 0 Å². The molecule has 0 amide bonds. The lowest BCUT2D eigenvalue weighted by atomic mass is 10.1. The average Bonchev–Trinajstić information content (AvgIpc) is 2.59. The number of hydrogen-bond acceptors (Lipinski definition) is 4. The fraction of sp³-hybridized carbons (Fsp3) is 0.667. The van der Waals surface area contributed by atoms with Crippen LogP contribution in [0, 0.1) is 0 Å². The summed E-state index contributed by atoms with van der Waals surface area (Å²) in [7, 11) is 0. The summed E-state index contributed by atoms with van der Waals surface area (Å²) in [5.41, 5.74) is 2.75. The van der Waals surface area contributed by atoms with Gasteiger partial charge >= 0.3 is 0 Å². The summed E-state index contributed by atoms with van der Waals surface area (Å²) in [6.45, 7) is 9.86. The molecule has 130 valence electrons. The van der Waals surface area contributed by atoms with E-state index in [0.29, 0.717) is 0 Å². The molecule has 1 aliphatic rings. The van der Waals surface area contributed by atoms with E-state index in [9.17, 15) is 0 Å². The van der Waals surface area contributed by atoms with E-state index in [-0.39, 0.29) is 0 Å². The molecule has 5 heteroatoms. The maximum atomic E-state index is 3.57. The Labute approximate surface area is 149 Å². The topological polar surface area (TPSA) is 39.3 Å². The van der Waals surface area contributed by atoms with Gasteiger partial charge in [0.25, 0.3) is 0 Å². The zero-order valence-corrected chi connectivity index (χ0v) is 15.7. The number of halogens is 1. The van der Waals surface area contributed by atoms with Crippen LogP contribution in [0.4, 0.5) is 0 Å². The predicted octanol–water partition coefficient (Wildman–Crippen LogP) is 1.95. The maximum absolute atomic E-state index is 3.57. The van der Waals surface area contributed by atoms with E-state index >= 15 is 0 Å². The lowest BCUT2D eigenvalue weighted by Crippen LogP contribution is -2.36. The molecule has 0 saturated carbocycles. The monoisotopic (exact) mass is 382 g/mol. The van der Waals surface area contributed by atoms with Crippen molar-refractivity contribution in [2.75, 3.05) is 52.4 Å². The molecule has 1 aromatic rings. The predicted molar refractivity (Wildman–Crippen MR) is 102 cm³/mol. The molecule has 23 heavy (non-hydrogen) atoms. The van der Waals surface area contributed by atoms with Gasteiger partial charge in [0, 0.05) is 38.1 Å². The van der Waals surface area contributed by atoms with Crippen molar-refractivity contribution in [2.24, 2.45) is 0 Å². The Kier molecular flexibility index (Phi) is 9.83. The third kappa shape index (κ3) is 8.27. The Morgan fingerprint density at radius 1 is 0.739 bits per heavy atom. The quantitative estimate of drug-likeness (QED) is 0.698. The van der Waals surface area contributed by atoms with Crippen LogP contribution in [0.15, 0.2) is 24.3 Å². The van der Waals surface area contributed by atoms with Crippen molar-refractivity contribution in [2.45, 2.75) is 24.7 Å². The van der Waals surface area contributed by atoms with Gasteiger partial charge in [-0.2, -0.15) is 0 Å². The Morgan fingerprint density at radius 3 is 2.04 bits per heavy atom. The molecular formula is C18H31BrN4. The zero-order chi connectivity index (χ0) is 16.2. The van der Waals surface area contributed by atoms with E-state index < -0.39 is 0 Å². The number of nitrogens with zero attached hydrogens (tertiary/aromatic N) is 1. The number of alkyl halides is 1. The molecule has 0 unspecified atom stereocenters. The van der Waals surface area contributed by atoms with E-state index in [2.05, 4.69) is 61.0 Å². The van der Waals surface area contributed by atoms with Crippen LogP contribution in [-0.2, 0) is 11.9 Å². The highest BCUT2D eigenvalue weighted by Gasteiger charge is 2.06. The standard InChI is InChI=1S/C18H31BrN4/c19-15-17-3-5-18(6-4-17)16-23-13-2-9-21-11-10-20-7-1-8-22-12-14-23/h3-6,20-22H,1-2,7-16H2. The van der Waals surface area contributed by atoms with Gasteiger partial charge in [0.05, 0.1) is 0 Å². The minimum atomic E-state index is 0.932. The highest BCUT2D eigenvalue weighted by atomic mass is 79.9. The highest BCUT2D eigenvalue weighted by Crippen LogP contribution is 2.10. The number of benzene rings is 1. The first kappa shape index (κ1) is 18.9. The van der Waals surface area contributed by atoms with Gasteiger partial charge in [-0.1, -0.05) is 40.2 Å². The summed E-state index contributed by atoms with van der Waals surface area (Å²) in [4.78, 5) is 2.57. The van der Waals surface area contributed by atoms with Crippen molar-refractivity contribution < 1.29 is 0 Å². The largest absolute Gasteiger partial charge is 0.315 e. The lowest BCUT2D eigenvalue weighted by Gasteiger charge is -2.23. The minimum absolute atomic E-state index is 0.932. The third-order valence-corrected chi connectivity index (χ3v) is 4.85. The molecule has 0 bridgehead atoms. The molecule has 4 nitrogen and oxygen atoms in total. The lowest BCUT2D eigenvalue weighted by molar-refractivity contribution is 0.260. The second-order valence-corrected chi connectivity index (χ2v) is 6.74. The SMILES string of the molecule is BrCc1ccc(CN2CCCNCCNCCCNCC2)cc1. The molecule has 3 N–H and O–H groups in total.